The minimum absolute atomic E-state index is 0.0174. The molecular weight excluding hydrogens is 320 g/mol. The van der Waals surface area contributed by atoms with Gasteiger partial charge in [-0.2, -0.15) is 0 Å². The lowest BCUT2D eigenvalue weighted by atomic mass is 9.99. The molecule has 0 atom stereocenters. The lowest BCUT2D eigenvalue weighted by Gasteiger charge is -2.23. The van der Waals surface area contributed by atoms with Gasteiger partial charge in [0.15, 0.2) is 11.5 Å². The van der Waals surface area contributed by atoms with Crippen LogP contribution in [0.5, 0.6) is 11.5 Å². The molecule has 2 aromatic rings. The minimum Gasteiger partial charge on any atom is -0.493 e. The number of rotatable bonds is 5. The minimum atomic E-state index is -0.173. The fourth-order valence-electron chi connectivity index (χ4n) is 2.92. The van der Waals surface area contributed by atoms with E-state index in [0.717, 1.165) is 11.1 Å². The third kappa shape index (κ3) is 3.21. The van der Waals surface area contributed by atoms with Crippen LogP contribution in [-0.2, 0) is 4.79 Å². The predicted molar refractivity (Wildman–Crippen MR) is 95.9 cm³/mol. The second kappa shape index (κ2) is 7.36. The monoisotopic (exact) mass is 340 g/mol. The zero-order valence-corrected chi connectivity index (χ0v) is 14.2. The van der Waals surface area contributed by atoms with Gasteiger partial charge in [-0.1, -0.05) is 30.3 Å². The first-order chi connectivity index (χ1) is 12.2. The Morgan fingerprint density at radius 1 is 1.12 bits per heavy atom. The van der Waals surface area contributed by atoms with Gasteiger partial charge in [0.2, 0.25) is 5.91 Å². The van der Waals surface area contributed by atoms with Crippen molar-refractivity contribution in [2.45, 2.75) is 0 Å². The van der Waals surface area contributed by atoms with E-state index in [-0.39, 0.29) is 25.6 Å². The Labute approximate surface area is 146 Å². The normalized spacial score (nSPS) is 13.8. The van der Waals surface area contributed by atoms with Crippen molar-refractivity contribution in [3.05, 3.63) is 53.6 Å². The molecule has 1 heterocycles. The van der Waals surface area contributed by atoms with E-state index in [1.54, 1.807) is 20.3 Å². The molecular formula is C19H20N2O4. The summed E-state index contributed by atoms with van der Waals surface area (Å²) in [5.74, 6) is 0.905. The van der Waals surface area contributed by atoms with E-state index in [0.29, 0.717) is 22.9 Å². The molecule has 0 saturated carbocycles. The maximum Gasteiger partial charge on any atom is 0.248 e. The summed E-state index contributed by atoms with van der Waals surface area (Å²) in [5, 5.41) is 9.38. The number of benzene rings is 2. The molecule has 1 aliphatic heterocycles. The Bertz CT molecular complexity index is 803. The van der Waals surface area contributed by atoms with Gasteiger partial charge < -0.3 is 19.5 Å². The highest BCUT2D eigenvalue weighted by Crippen LogP contribution is 2.37. The Hall–Kier alpha value is -2.86. The van der Waals surface area contributed by atoms with E-state index in [4.69, 9.17) is 9.47 Å². The Kier molecular flexibility index (Phi) is 5.00. The van der Waals surface area contributed by atoms with E-state index >= 15 is 0 Å². The molecule has 3 rings (SSSR count). The highest BCUT2D eigenvalue weighted by Gasteiger charge is 2.27. The molecule has 1 N–H and O–H groups in total. The topological polar surface area (TPSA) is 71.4 Å². The molecule has 0 fully saturated rings. The second-order valence-electron chi connectivity index (χ2n) is 5.52. The quantitative estimate of drug-likeness (QED) is 0.902. The van der Waals surface area contributed by atoms with Crippen molar-refractivity contribution in [3.8, 4) is 11.5 Å². The first-order valence-corrected chi connectivity index (χ1v) is 7.97. The molecule has 0 spiro atoms. The van der Waals surface area contributed by atoms with Gasteiger partial charge in [0.05, 0.1) is 32.2 Å². The zero-order chi connectivity index (χ0) is 17.8. The summed E-state index contributed by atoms with van der Waals surface area (Å²) in [6, 6.07) is 13.3. The van der Waals surface area contributed by atoms with Crippen molar-refractivity contribution in [2.75, 3.05) is 38.8 Å². The van der Waals surface area contributed by atoms with Crippen molar-refractivity contribution in [1.29, 1.82) is 0 Å². The number of aliphatic hydroxyl groups is 1. The van der Waals surface area contributed by atoms with Gasteiger partial charge in [0.1, 0.15) is 6.54 Å². The maximum atomic E-state index is 12.5. The van der Waals surface area contributed by atoms with E-state index in [2.05, 4.69) is 4.99 Å². The molecule has 0 radical (unpaired) electrons. The summed E-state index contributed by atoms with van der Waals surface area (Å²) < 4.78 is 10.8. The number of methoxy groups -OCH3 is 2. The number of amides is 1. The summed E-state index contributed by atoms with van der Waals surface area (Å²) in [6.07, 6.45) is 0. The highest BCUT2D eigenvalue weighted by molar-refractivity contribution is 6.20. The van der Waals surface area contributed by atoms with Crippen molar-refractivity contribution >= 4 is 17.3 Å². The summed E-state index contributed by atoms with van der Waals surface area (Å²) in [5.41, 5.74) is 3.04. The van der Waals surface area contributed by atoms with Crippen LogP contribution in [-0.4, -0.2) is 50.6 Å². The zero-order valence-electron chi connectivity index (χ0n) is 14.2. The lowest BCUT2D eigenvalue weighted by molar-refractivity contribution is -0.117. The van der Waals surface area contributed by atoms with Crippen molar-refractivity contribution in [2.24, 2.45) is 4.99 Å². The van der Waals surface area contributed by atoms with Crippen LogP contribution < -0.4 is 14.4 Å². The lowest BCUT2D eigenvalue weighted by Crippen LogP contribution is -2.35. The summed E-state index contributed by atoms with van der Waals surface area (Å²) in [6.45, 7) is 0.0721. The van der Waals surface area contributed by atoms with Crippen LogP contribution in [0.2, 0.25) is 0 Å². The van der Waals surface area contributed by atoms with Gasteiger partial charge in [-0.3, -0.25) is 9.79 Å². The summed E-state index contributed by atoms with van der Waals surface area (Å²) in [4.78, 5) is 18.6. The van der Waals surface area contributed by atoms with Crippen molar-refractivity contribution in [1.82, 2.24) is 0 Å². The van der Waals surface area contributed by atoms with Gasteiger partial charge in [-0.05, 0) is 6.07 Å². The van der Waals surface area contributed by atoms with Crippen molar-refractivity contribution in [3.63, 3.8) is 0 Å². The number of carbonyl (C=O) groups is 1. The molecule has 130 valence electrons. The van der Waals surface area contributed by atoms with Crippen LogP contribution in [0.25, 0.3) is 0 Å². The number of hydrogen-bond acceptors (Lipinski definition) is 5. The van der Waals surface area contributed by atoms with Crippen LogP contribution in [0.4, 0.5) is 5.69 Å². The van der Waals surface area contributed by atoms with E-state index in [1.807, 2.05) is 36.4 Å². The second-order valence-corrected chi connectivity index (χ2v) is 5.52. The third-order valence-corrected chi connectivity index (χ3v) is 4.09. The highest BCUT2D eigenvalue weighted by atomic mass is 16.5. The van der Waals surface area contributed by atoms with E-state index < -0.39 is 0 Å². The number of aliphatic imine (C=N–C) groups is 1. The Balaban J connectivity index is 2.24. The largest absolute Gasteiger partial charge is 0.493 e. The van der Waals surface area contributed by atoms with Gasteiger partial charge in [-0.15, -0.1) is 0 Å². The molecule has 1 amide bonds. The summed E-state index contributed by atoms with van der Waals surface area (Å²) >= 11 is 0. The third-order valence-electron chi connectivity index (χ3n) is 4.09. The molecule has 0 saturated heterocycles. The number of fused-ring (bicyclic) bond motifs is 1. The van der Waals surface area contributed by atoms with Crippen LogP contribution in [0.3, 0.4) is 0 Å². The van der Waals surface area contributed by atoms with Gasteiger partial charge in [-0.25, -0.2) is 0 Å². The molecule has 0 unspecified atom stereocenters. The molecule has 0 aromatic heterocycles. The molecule has 2 aromatic carbocycles. The van der Waals surface area contributed by atoms with E-state index in [9.17, 15) is 9.90 Å². The SMILES string of the molecule is COc1cc2c(cc1OC)N(CCO)C(=O)CN=C2c1ccccc1. The average Bonchev–Trinajstić information content (AvgIpc) is 2.78. The Morgan fingerprint density at radius 3 is 2.44 bits per heavy atom. The number of ether oxygens (including phenoxy) is 2. The molecule has 6 nitrogen and oxygen atoms in total. The first kappa shape index (κ1) is 17.0. The molecule has 0 aliphatic carbocycles. The summed E-state index contributed by atoms with van der Waals surface area (Å²) in [7, 11) is 3.11. The number of benzodiazepines with no additional fused rings is 1. The average molecular weight is 340 g/mol. The fourth-order valence-corrected chi connectivity index (χ4v) is 2.92. The van der Waals surface area contributed by atoms with Crippen molar-refractivity contribution < 1.29 is 19.4 Å². The number of aliphatic hydroxyl groups excluding tert-OH is 1. The standard InChI is InChI=1S/C19H20N2O4/c1-24-16-10-14-15(11-17(16)25-2)21(8-9-22)18(23)12-20-19(14)13-6-4-3-5-7-13/h3-7,10-11,22H,8-9,12H2,1-2H3. The first-order valence-electron chi connectivity index (χ1n) is 7.97. The number of anilines is 1. The van der Waals surface area contributed by atoms with Gasteiger partial charge in [0.25, 0.3) is 0 Å². The predicted octanol–water partition coefficient (Wildman–Crippen LogP) is 1.88. The molecule has 6 heteroatoms. The van der Waals surface area contributed by atoms with Crippen LogP contribution in [0, 0.1) is 0 Å². The number of β-amino-alcohol motifs (C(OH)–C–C–N with tert-alkyl or cyclic N) is 1. The maximum absolute atomic E-state index is 12.5. The van der Waals surface area contributed by atoms with E-state index in [1.165, 1.54) is 4.90 Å². The van der Waals surface area contributed by atoms with Crippen LogP contribution in [0.15, 0.2) is 47.5 Å². The Morgan fingerprint density at radius 2 is 1.80 bits per heavy atom. The fraction of sp³-hybridized carbons (Fsp3) is 0.263. The van der Waals surface area contributed by atoms with Crippen LogP contribution in [0.1, 0.15) is 11.1 Å². The van der Waals surface area contributed by atoms with Gasteiger partial charge >= 0.3 is 0 Å². The molecule has 1 aliphatic rings. The smallest absolute Gasteiger partial charge is 0.248 e. The number of hydrogen-bond donors (Lipinski definition) is 1. The van der Waals surface area contributed by atoms with Crippen LogP contribution >= 0.6 is 0 Å². The van der Waals surface area contributed by atoms with Gasteiger partial charge in [0, 0.05) is 23.7 Å². The number of carbonyl (C=O) groups excluding carboxylic acids is 1. The number of nitrogens with zero attached hydrogens (tertiary/aromatic N) is 2. The molecule has 25 heavy (non-hydrogen) atoms. The molecule has 0 bridgehead atoms.